The van der Waals surface area contributed by atoms with Gasteiger partial charge in [0.2, 0.25) is 0 Å². The van der Waals surface area contributed by atoms with Crippen molar-refractivity contribution < 1.29 is 18.7 Å². The molecule has 0 bridgehead atoms. The Hall–Kier alpha value is -1.91. The average molecular weight is 267 g/mol. The highest BCUT2D eigenvalue weighted by atomic mass is 19.1. The van der Waals surface area contributed by atoms with Crippen LogP contribution in [0.1, 0.15) is 20.8 Å². The summed E-state index contributed by atoms with van der Waals surface area (Å²) in [4.78, 5) is 23.0. The Morgan fingerprint density at radius 3 is 2.58 bits per heavy atom. The van der Waals surface area contributed by atoms with E-state index in [1.165, 1.54) is 25.1 Å². The summed E-state index contributed by atoms with van der Waals surface area (Å²) in [6.45, 7) is 4.87. The second-order valence-electron chi connectivity index (χ2n) is 4.65. The molecule has 5 heteroatoms. The van der Waals surface area contributed by atoms with Gasteiger partial charge >= 0.3 is 0 Å². The van der Waals surface area contributed by atoms with E-state index in [0.29, 0.717) is 0 Å². The number of hydrogen-bond donors (Lipinski definition) is 1. The third-order valence-electron chi connectivity index (χ3n) is 2.59. The Balaban J connectivity index is 2.49. The van der Waals surface area contributed by atoms with Gasteiger partial charge < -0.3 is 10.1 Å². The van der Waals surface area contributed by atoms with E-state index in [1.54, 1.807) is 6.07 Å². The monoisotopic (exact) mass is 267 g/mol. The number of rotatable bonds is 6. The fourth-order valence-electron chi connectivity index (χ4n) is 1.66. The first-order valence-corrected chi connectivity index (χ1v) is 6.08. The minimum atomic E-state index is -0.524. The van der Waals surface area contributed by atoms with Crippen LogP contribution in [0.2, 0.25) is 0 Å². The Bertz CT molecular complexity index is 460. The number of Topliss-reactive ketones (excluding diaryl/α,β-unsaturated/α-hetero) is 1. The van der Waals surface area contributed by atoms with Crippen LogP contribution in [0.3, 0.4) is 0 Å². The third-order valence-corrected chi connectivity index (χ3v) is 2.59. The molecular weight excluding hydrogens is 249 g/mol. The standard InChI is InChI=1S/C14H18FNO3/c1-9(2)14(10(3)17)16-13(18)8-19-12-6-4-5-11(15)7-12/h4-7,9,14H,8H2,1-3H3,(H,16,18). The molecule has 1 amide bonds. The van der Waals surface area contributed by atoms with E-state index in [1.807, 2.05) is 13.8 Å². The zero-order valence-electron chi connectivity index (χ0n) is 11.3. The van der Waals surface area contributed by atoms with Crippen molar-refractivity contribution >= 4 is 11.7 Å². The minimum Gasteiger partial charge on any atom is -0.484 e. The van der Waals surface area contributed by atoms with E-state index in [9.17, 15) is 14.0 Å². The number of halogens is 1. The lowest BCUT2D eigenvalue weighted by Crippen LogP contribution is -2.45. The van der Waals surface area contributed by atoms with E-state index in [4.69, 9.17) is 4.74 Å². The molecule has 1 rings (SSSR count). The number of amides is 1. The Morgan fingerprint density at radius 2 is 2.05 bits per heavy atom. The Kier molecular flexibility index (Phi) is 5.48. The van der Waals surface area contributed by atoms with E-state index >= 15 is 0 Å². The predicted molar refractivity (Wildman–Crippen MR) is 69.3 cm³/mol. The highest BCUT2D eigenvalue weighted by Gasteiger charge is 2.20. The second kappa shape index (κ2) is 6.87. The van der Waals surface area contributed by atoms with Gasteiger partial charge in [-0.05, 0) is 25.0 Å². The van der Waals surface area contributed by atoms with Crippen molar-refractivity contribution in [2.75, 3.05) is 6.61 Å². The molecular formula is C14H18FNO3. The number of hydrogen-bond acceptors (Lipinski definition) is 3. The first-order chi connectivity index (χ1) is 8.90. The summed E-state index contributed by atoms with van der Waals surface area (Å²) in [5.41, 5.74) is 0. The molecule has 0 heterocycles. The van der Waals surface area contributed by atoms with Gasteiger partial charge in [-0.2, -0.15) is 0 Å². The number of ketones is 1. The van der Waals surface area contributed by atoms with Gasteiger partial charge in [-0.3, -0.25) is 9.59 Å². The van der Waals surface area contributed by atoms with Crippen molar-refractivity contribution in [3.05, 3.63) is 30.1 Å². The largest absolute Gasteiger partial charge is 0.484 e. The summed E-state index contributed by atoms with van der Waals surface area (Å²) in [6, 6.07) is 5.01. The van der Waals surface area contributed by atoms with Gasteiger partial charge in [0.15, 0.2) is 12.4 Å². The molecule has 0 aliphatic carbocycles. The predicted octanol–water partition coefficient (Wildman–Crippen LogP) is 1.93. The summed E-state index contributed by atoms with van der Waals surface area (Å²) < 4.78 is 18.0. The van der Waals surface area contributed by atoms with Crippen molar-refractivity contribution in [2.45, 2.75) is 26.8 Å². The molecule has 0 aliphatic rings. The third kappa shape index (κ3) is 5.07. The van der Waals surface area contributed by atoms with Crippen molar-refractivity contribution in [1.29, 1.82) is 0 Å². The van der Waals surface area contributed by atoms with E-state index in [-0.39, 0.29) is 24.1 Å². The molecule has 0 saturated carbocycles. The van der Waals surface area contributed by atoms with Crippen molar-refractivity contribution in [1.82, 2.24) is 5.32 Å². The summed E-state index contributed by atoms with van der Waals surface area (Å²) in [6.07, 6.45) is 0. The number of carbonyl (C=O) groups excluding carboxylic acids is 2. The maximum absolute atomic E-state index is 12.9. The lowest BCUT2D eigenvalue weighted by atomic mass is 10.0. The summed E-state index contributed by atoms with van der Waals surface area (Å²) >= 11 is 0. The number of benzene rings is 1. The highest BCUT2D eigenvalue weighted by Crippen LogP contribution is 2.11. The summed E-state index contributed by atoms with van der Waals surface area (Å²) in [5, 5.41) is 2.59. The van der Waals surface area contributed by atoms with Crippen LogP contribution in [0, 0.1) is 11.7 Å². The first kappa shape index (κ1) is 15.1. The lowest BCUT2D eigenvalue weighted by Gasteiger charge is -2.19. The van der Waals surface area contributed by atoms with Crippen molar-refractivity contribution in [2.24, 2.45) is 5.92 Å². The molecule has 0 fully saturated rings. The van der Waals surface area contributed by atoms with Crippen LogP contribution in [0.15, 0.2) is 24.3 Å². The molecule has 0 saturated heterocycles. The molecule has 4 nitrogen and oxygen atoms in total. The number of ether oxygens (including phenoxy) is 1. The van der Waals surface area contributed by atoms with Gasteiger partial charge in [0.05, 0.1) is 6.04 Å². The van der Waals surface area contributed by atoms with E-state index in [0.717, 1.165) is 0 Å². The number of nitrogens with one attached hydrogen (secondary N) is 1. The van der Waals surface area contributed by atoms with E-state index < -0.39 is 17.8 Å². The smallest absolute Gasteiger partial charge is 0.258 e. The zero-order valence-corrected chi connectivity index (χ0v) is 11.3. The van der Waals surface area contributed by atoms with E-state index in [2.05, 4.69) is 5.32 Å². The van der Waals surface area contributed by atoms with Crippen LogP contribution in [0.5, 0.6) is 5.75 Å². The van der Waals surface area contributed by atoms with Crippen molar-refractivity contribution in [3.63, 3.8) is 0 Å². The normalized spacial score (nSPS) is 12.1. The van der Waals surface area contributed by atoms with Crippen LogP contribution in [0.25, 0.3) is 0 Å². The SMILES string of the molecule is CC(=O)C(NC(=O)COc1cccc(F)c1)C(C)C. The molecule has 1 atom stereocenters. The lowest BCUT2D eigenvalue weighted by molar-refractivity contribution is -0.129. The molecule has 1 aromatic rings. The maximum Gasteiger partial charge on any atom is 0.258 e. The Morgan fingerprint density at radius 1 is 1.37 bits per heavy atom. The molecule has 104 valence electrons. The average Bonchev–Trinajstić information content (AvgIpc) is 2.32. The van der Waals surface area contributed by atoms with Gasteiger partial charge in [0.25, 0.3) is 5.91 Å². The van der Waals surface area contributed by atoms with Crippen LogP contribution in [-0.4, -0.2) is 24.3 Å². The van der Waals surface area contributed by atoms with Crippen LogP contribution >= 0.6 is 0 Å². The van der Waals surface area contributed by atoms with Crippen LogP contribution in [0.4, 0.5) is 4.39 Å². The topological polar surface area (TPSA) is 55.4 Å². The zero-order chi connectivity index (χ0) is 14.4. The molecule has 0 aliphatic heterocycles. The van der Waals surface area contributed by atoms with Gasteiger partial charge in [0, 0.05) is 6.07 Å². The quantitative estimate of drug-likeness (QED) is 0.857. The summed E-state index contributed by atoms with van der Waals surface area (Å²) in [5.74, 6) is -0.649. The maximum atomic E-state index is 12.9. The van der Waals surface area contributed by atoms with Crippen LogP contribution in [-0.2, 0) is 9.59 Å². The second-order valence-corrected chi connectivity index (χ2v) is 4.65. The highest BCUT2D eigenvalue weighted by molar-refractivity contribution is 5.88. The van der Waals surface area contributed by atoms with Gasteiger partial charge in [-0.25, -0.2) is 4.39 Å². The number of carbonyl (C=O) groups is 2. The fraction of sp³-hybridized carbons (Fsp3) is 0.429. The Labute approximate surface area is 112 Å². The fourth-order valence-corrected chi connectivity index (χ4v) is 1.66. The van der Waals surface area contributed by atoms with Gasteiger partial charge in [-0.15, -0.1) is 0 Å². The molecule has 0 spiro atoms. The van der Waals surface area contributed by atoms with Gasteiger partial charge in [0.1, 0.15) is 11.6 Å². The first-order valence-electron chi connectivity index (χ1n) is 6.08. The minimum absolute atomic E-state index is 0.00983. The molecule has 0 aromatic heterocycles. The molecule has 1 N–H and O–H groups in total. The van der Waals surface area contributed by atoms with Crippen molar-refractivity contribution in [3.8, 4) is 5.75 Å². The molecule has 1 unspecified atom stereocenters. The molecule has 0 radical (unpaired) electrons. The summed E-state index contributed by atoms with van der Waals surface area (Å²) in [7, 11) is 0. The van der Waals surface area contributed by atoms with Crippen LogP contribution < -0.4 is 10.1 Å². The van der Waals surface area contributed by atoms with Gasteiger partial charge in [-0.1, -0.05) is 19.9 Å². The molecule has 19 heavy (non-hydrogen) atoms. The molecule has 1 aromatic carbocycles.